The molecule has 4 heteroatoms. The van der Waals surface area contributed by atoms with E-state index in [0.29, 0.717) is 11.4 Å². The normalized spacial score (nSPS) is 10.2. The molecule has 0 aromatic heterocycles. The Labute approximate surface area is 109 Å². The van der Waals surface area contributed by atoms with Gasteiger partial charge in [0.15, 0.2) is 0 Å². The summed E-state index contributed by atoms with van der Waals surface area (Å²) in [4.78, 5) is 11.6. The van der Waals surface area contributed by atoms with Gasteiger partial charge in [-0.15, -0.1) is 11.6 Å². The van der Waals surface area contributed by atoms with Crippen molar-refractivity contribution in [1.29, 1.82) is 0 Å². The summed E-state index contributed by atoms with van der Waals surface area (Å²) >= 11 is 9.02. The van der Waals surface area contributed by atoms with Gasteiger partial charge in [0, 0.05) is 11.2 Å². The van der Waals surface area contributed by atoms with Crippen molar-refractivity contribution in [3.63, 3.8) is 0 Å². The minimum Gasteiger partial charge on any atom is -0.465 e. The molecular formula is C12H14BrClO2. The van der Waals surface area contributed by atoms with Crippen LogP contribution >= 0.6 is 27.5 Å². The average Bonchev–Trinajstić information content (AvgIpc) is 2.35. The number of hydrogen-bond donors (Lipinski definition) is 0. The number of esters is 1. The van der Waals surface area contributed by atoms with Gasteiger partial charge in [0.1, 0.15) is 0 Å². The maximum atomic E-state index is 11.6. The van der Waals surface area contributed by atoms with Crippen LogP contribution in [0.5, 0.6) is 0 Å². The lowest BCUT2D eigenvalue weighted by Gasteiger charge is -2.08. The summed E-state index contributed by atoms with van der Waals surface area (Å²) in [6.45, 7) is 0. The minimum atomic E-state index is -0.285. The molecule has 1 rings (SSSR count). The number of rotatable bonds is 5. The van der Waals surface area contributed by atoms with Crippen molar-refractivity contribution in [3.05, 3.63) is 34.9 Å². The first-order valence-electron chi connectivity index (χ1n) is 5.05. The maximum Gasteiger partial charge on any atom is 0.338 e. The lowest BCUT2D eigenvalue weighted by atomic mass is 10.0. The SMILES string of the molecule is COC(=O)c1cc(CBr)ccc1CCCCl. The highest BCUT2D eigenvalue weighted by Gasteiger charge is 2.12. The van der Waals surface area contributed by atoms with E-state index in [2.05, 4.69) is 15.9 Å². The van der Waals surface area contributed by atoms with Gasteiger partial charge < -0.3 is 4.74 Å². The molecule has 0 heterocycles. The molecule has 0 saturated heterocycles. The molecule has 1 aromatic carbocycles. The van der Waals surface area contributed by atoms with E-state index in [4.69, 9.17) is 16.3 Å². The zero-order chi connectivity index (χ0) is 12.0. The molecule has 0 atom stereocenters. The van der Waals surface area contributed by atoms with Crippen LogP contribution < -0.4 is 0 Å². The van der Waals surface area contributed by atoms with Crippen molar-refractivity contribution < 1.29 is 9.53 Å². The number of hydrogen-bond acceptors (Lipinski definition) is 2. The van der Waals surface area contributed by atoms with E-state index in [1.807, 2.05) is 18.2 Å². The molecule has 0 bridgehead atoms. The van der Waals surface area contributed by atoms with Crippen molar-refractivity contribution >= 4 is 33.5 Å². The average molecular weight is 306 g/mol. The third-order valence-electron chi connectivity index (χ3n) is 2.31. The molecule has 0 unspecified atom stereocenters. The van der Waals surface area contributed by atoms with Crippen LogP contribution in [0, 0.1) is 0 Å². The van der Waals surface area contributed by atoms with Crippen molar-refractivity contribution in [3.8, 4) is 0 Å². The first-order valence-corrected chi connectivity index (χ1v) is 6.70. The van der Waals surface area contributed by atoms with E-state index in [1.165, 1.54) is 7.11 Å². The Morgan fingerprint density at radius 2 is 2.25 bits per heavy atom. The molecule has 0 N–H and O–H groups in total. The van der Waals surface area contributed by atoms with Gasteiger partial charge in [0.05, 0.1) is 12.7 Å². The first-order chi connectivity index (χ1) is 7.72. The second-order valence-corrected chi connectivity index (χ2v) is 4.35. The molecule has 16 heavy (non-hydrogen) atoms. The van der Waals surface area contributed by atoms with E-state index in [1.54, 1.807) is 0 Å². The molecule has 88 valence electrons. The summed E-state index contributed by atoms with van der Waals surface area (Å²) in [6.07, 6.45) is 1.66. The zero-order valence-corrected chi connectivity index (χ0v) is 11.5. The predicted molar refractivity (Wildman–Crippen MR) is 69.5 cm³/mol. The molecule has 0 saturated carbocycles. The lowest BCUT2D eigenvalue weighted by Crippen LogP contribution is -2.06. The Morgan fingerprint density at radius 1 is 1.50 bits per heavy atom. The van der Waals surface area contributed by atoms with Gasteiger partial charge in [-0.25, -0.2) is 4.79 Å². The van der Waals surface area contributed by atoms with Crippen LogP contribution in [0.1, 0.15) is 27.9 Å². The Balaban J connectivity index is 3.01. The third kappa shape index (κ3) is 3.49. The van der Waals surface area contributed by atoms with Crippen LogP contribution in [0.25, 0.3) is 0 Å². The molecule has 2 nitrogen and oxygen atoms in total. The van der Waals surface area contributed by atoms with E-state index in [9.17, 15) is 4.79 Å². The van der Waals surface area contributed by atoms with Gasteiger partial charge in [-0.1, -0.05) is 28.1 Å². The third-order valence-corrected chi connectivity index (χ3v) is 3.23. The second-order valence-electron chi connectivity index (χ2n) is 3.41. The van der Waals surface area contributed by atoms with E-state index < -0.39 is 0 Å². The Bertz CT molecular complexity index is 366. The van der Waals surface area contributed by atoms with Crippen LogP contribution in [0.2, 0.25) is 0 Å². The fourth-order valence-corrected chi connectivity index (χ4v) is 1.96. The number of aryl methyl sites for hydroxylation is 1. The monoisotopic (exact) mass is 304 g/mol. The summed E-state index contributed by atoms with van der Waals surface area (Å²) in [5, 5.41) is 0.729. The summed E-state index contributed by atoms with van der Waals surface area (Å²) in [5.74, 6) is 0.313. The van der Waals surface area contributed by atoms with Gasteiger partial charge in [-0.3, -0.25) is 0 Å². The second kappa shape index (κ2) is 6.92. The summed E-state index contributed by atoms with van der Waals surface area (Å²) in [6, 6.07) is 5.84. The summed E-state index contributed by atoms with van der Waals surface area (Å²) in [7, 11) is 1.40. The number of methoxy groups -OCH3 is 1. The Kier molecular flexibility index (Phi) is 5.85. The van der Waals surface area contributed by atoms with Gasteiger partial charge in [0.25, 0.3) is 0 Å². The van der Waals surface area contributed by atoms with Gasteiger partial charge in [-0.05, 0) is 30.0 Å². The minimum absolute atomic E-state index is 0.285. The van der Waals surface area contributed by atoms with Crippen LogP contribution in [0.3, 0.4) is 0 Å². The van der Waals surface area contributed by atoms with Crippen molar-refractivity contribution in [2.24, 2.45) is 0 Å². The Hall–Kier alpha value is -0.540. The van der Waals surface area contributed by atoms with Crippen LogP contribution in [0.4, 0.5) is 0 Å². The molecule has 1 aromatic rings. The molecule has 0 spiro atoms. The maximum absolute atomic E-state index is 11.6. The molecule has 0 radical (unpaired) electrons. The smallest absolute Gasteiger partial charge is 0.338 e. The van der Waals surface area contributed by atoms with E-state index in [-0.39, 0.29) is 5.97 Å². The van der Waals surface area contributed by atoms with Gasteiger partial charge >= 0.3 is 5.97 Å². The molecule has 0 aliphatic carbocycles. The molecule has 0 aliphatic heterocycles. The molecule has 0 amide bonds. The van der Waals surface area contributed by atoms with Crippen LogP contribution in [-0.4, -0.2) is 19.0 Å². The number of benzene rings is 1. The van der Waals surface area contributed by atoms with Gasteiger partial charge in [0.2, 0.25) is 0 Å². The fourth-order valence-electron chi connectivity index (χ4n) is 1.48. The van der Waals surface area contributed by atoms with E-state index in [0.717, 1.165) is 29.3 Å². The Morgan fingerprint density at radius 3 is 2.81 bits per heavy atom. The van der Waals surface area contributed by atoms with Gasteiger partial charge in [-0.2, -0.15) is 0 Å². The highest BCUT2D eigenvalue weighted by molar-refractivity contribution is 9.08. The van der Waals surface area contributed by atoms with E-state index >= 15 is 0 Å². The standard InChI is InChI=1S/C12H14BrClO2/c1-16-12(15)11-7-9(8-13)4-5-10(11)3-2-6-14/h4-5,7H,2-3,6,8H2,1H3. The summed E-state index contributed by atoms with van der Waals surface area (Å²) in [5.41, 5.74) is 2.71. The quantitative estimate of drug-likeness (QED) is 0.614. The lowest BCUT2D eigenvalue weighted by molar-refractivity contribution is 0.0599. The summed E-state index contributed by atoms with van der Waals surface area (Å²) < 4.78 is 4.77. The number of halogens is 2. The first kappa shape index (κ1) is 13.5. The van der Waals surface area contributed by atoms with Crippen molar-refractivity contribution in [2.45, 2.75) is 18.2 Å². The zero-order valence-electron chi connectivity index (χ0n) is 9.13. The largest absolute Gasteiger partial charge is 0.465 e. The van der Waals surface area contributed by atoms with Crippen LogP contribution in [-0.2, 0) is 16.5 Å². The fraction of sp³-hybridized carbons (Fsp3) is 0.417. The molecular weight excluding hydrogens is 291 g/mol. The highest BCUT2D eigenvalue weighted by Crippen LogP contribution is 2.17. The predicted octanol–water partition coefficient (Wildman–Crippen LogP) is 3.54. The molecule has 0 fully saturated rings. The topological polar surface area (TPSA) is 26.3 Å². The van der Waals surface area contributed by atoms with Crippen molar-refractivity contribution in [1.82, 2.24) is 0 Å². The van der Waals surface area contributed by atoms with Crippen molar-refractivity contribution in [2.75, 3.05) is 13.0 Å². The van der Waals surface area contributed by atoms with Crippen LogP contribution in [0.15, 0.2) is 18.2 Å². The molecule has 0 aliphatic rings. The number of alkyl halides is 2. The number of carbonyl (C=O) groups excluding carboxylic acids is 1. The number of ether oxygens (including phenoxy) is 1. The highest BCUT2D eigenvalue weighted by atomic mass is 79.9. The number of carbonyl (C=O) groups is 1.